The SMILES string of the molecule is COCCN(CCOC)CC(=O)N(C)c1ccc(N=C(c2ccccc2)c2c(O)[nH]c3cc(C(=O)OC)ccc23)cc1. The average molecular weight is 573 g/mol. The van der Waals surface area contributed by atoms with E-state index < -0.39 is 5.97 Å². The van der Waals surface area contributed by atoms with Gasteiger partial charge in [0.2, 0.25) is 5.91 Å². The van der Waals surface area contributed by atoms with E-state index in [1.165, 1.54) is 7.11 Å². The second kappa shape index (κ2) is 14.4. The summed E-state index contributed by atoms with van der Waals surface area (Å²) >= 11 is 0. The van der Waals surface area contributed by atoms with Crippen molar-refractivity contribution in [3.05, 3.63) is 89.5 Å². The van der Waals surface area contributed by atoms with Crippen molar-refractivity contribution in [2.24, 2.45) is 4.99 Å². The number of H-pyrrole nitrogens is 1. The molecule has 0 fully saturated rings. The van der Waals surface area contributed by atoms with E-state index in [-0.39, 0.29) is 18.3 Å². The number of aromatic amines is 1. The van der Waals surface area contributed by atoms with Crippen LogP contribution >= 0.6 is 0 Å². The van der Waals surface area contributed by atoms with Crippen LogP contribution in [0.4, 0.5) is 11.4 Å². The van der Waals surface area contributed by atoms with E-state index in [1.807, 2.05) is 59.5 Å². The van der Waals surface area contributed by atoms with Crippen LogP contribution < -0.4 is 4.90 Å². The number of fused-ring (bicyclic) bond motifs is 1. The van der Waals surface area contributed by atoms with Crippen molar-refractivity contribution in [1.29, 1.82) is 0 Å². The quantitative estimate of drug-likeness (QED) is 0.180. The molecule has 10 heteroatoms. The van der Waals surface area contributed by atoms with Crippen molar-refractivity contribution in [2.45, 2.75) is 0 Å². The summed E-state index contributed by atoms with van der Waals surface area (Å²) in [6.45, 7) is 2.53. The monoisotopic (exact) mass is 572 g/mol. The van der Waals surface area contributed by atoms with Gasteiger partial charge in [0.25, 0.3) is 0 Å². The first kappa shape index (κ1) is 30.4. The molecular weight excluding hydrogens is 536 g/mol. The van der Waals surface area contributed by atoms with E-state index in [0.717, 1.165) is 11.3 Å². The van der Waals surface area contributed by atoms with Gasteiger partial charge in [-0.1, -0.05) is 36.4 Å². The lowest BCUT2D eigenvalue weighted by Crippen LogP contribution is -2.41. The fourth-order valence-corrected chi connectivity index (χ4v) is 4.56. The number of methoxy groups -OCH3 is 3. The van der Waals surface area contributed by atoms with Crippen LogP contribution in [0.5, 0.6) is 5.88 Å². The van der Waals surface area contributed by atoms with Gasteiger partial charge in [-0.05, 0) is 36.4 Å². The maximum absolute atomic E-state index is 13.0. The lowest BCUT2D eigenvalue weighted by molar-refractivity contribution is -0.119. The van der Waals surface area contributed by atoms with E-state index in [2.05, 4.69) is 4.98 Å². The first-order valence-corrected chi connectivity index (χ1v) is 13.5. The Morgan fingerprint density at radius 1 is 0.881 bits per heavy atom. The van der Waals surface area contributed by atoms with Crippen LogP contribution in [0.3, 0.4) is 0 Å². The highest BCUT2D eigenvalue weighted by Gasteiger charge is 2.20. The van der Waals surface area contributed by atoms with Gasteiger partial charge in [0, 0.05) is 56.5 Å². The summed E-state index contributed by atoms with van der Waals surface area (Å²) in [5.74, 6) is -0.591. The van der Waals surface area contributed by atoms with Gasteiger partial charge in [-0.2, -0.15) is 0 Å². The van der Waals surface area contributed by atoms with Crippen LogP contribution in [0.2, 0.25) is 0 Å². The molecule has 3 aromatic carbocycles. The maximum atomic E-state index is 13.0. The molecule has 1 aromatic heterocycles. The Hall–Kier alpha value is -4.51. The Morgan fingerprint density at radius 3 is 2.17 bits per heavy atom. The lowest BCUT2D eigenvalue weighted by Gasteiger charge is -2.24. The zero-order chi connectivity index (χ0) is 30.1. The fourth-order valence-electron chi connectivity index (χ4n) is 4.56. The Morgan fingerprint density at radius 2 is 1.55 bits per heavy atom. The number of likely N-dealkylation sites (N-methyl/N-ethyl adjacent to an activating group) is 1. The van der Waals surface area contributed by atoms with E-state index in [1.54, 1.807) is 44.4 Å². The molecule has 0 radical (unpaired) electrons. The summed E-state index contributed by atoms with van der Waals surface area (Å²) in [4.78, 5) is 36.6. The Kier molecular flexibility index (Phi) is 10.4. The molecule has 1 amide bonds. The van der Waals surface area contributed by atoms with Crippen molar-refractivity contribution in [1.82, 2.24) is 9.88 Å². The van der Waals surface area contributed by atoms with E-state index in [0.29, 0.717) is 59.7 Å². The number of hydrogen-bond donors (Lipinski definition) is 2. The number of nitrogens with one attached hydrogen (secondary N) is 1. The molecule has 0 aliphatic heterocycles. The minimum atomic E-state index is -0.467. The summed E-state index contributed by atoms with van der Waals surface area (Å²) in [6, 6.07) is 21.9. The molecule has 42 heavy (non-hydrogen) atoms. The number of rotatable bonds is 13. The molecule has 0 atom stereocenters. The molecule has 4 rings (SSSR count). The molecule has 2 N–H and O–H groups in total. The molecular formula is C32H36N4O6. The lowest BCUT2D eigenvalue weighted by atomic mass is 10.00. The zero-order valence-corrected chi connectivity index (χ0v) is 24.3. The molecule has 0 unspecified atom stereocenters. The Balaban J connectivity index is 1.64. The molecule has 0 aliphatic carbocycles. The van der Waals surface area contributed by atoms with Gasteiger partial charge in [0.15, 0.2) is 5.88 Å². The highest BCUT2D eigenvalue weighted by molar-refractivity contribution is 6.22. The number of benzene rings is 3. The number of hydrogen-bond acceptors (Lipinski definition) is 8. The van der Waals surface area contributed by atoms with E-state index >= 15 is 0 Å². The molecule has 10 nitrogen and oxygen atoms in total. The molecule has 1 heterocycles. The van der Waals surface area contributed by atoms with Gasteiger partial charge >= 0.3 is 5.97 Å². The minimum Gasteiger partial charge on any atom is -0.494 e. The van der Waals surface area contributed by atoms with Crippen LogP contribution in [0.15, 0.2) is 77.8 Å². The van der Waals surface area contributed by atoms with Gasteiger partial charge in [0.05, 0.1) is 49.4 Å². The number of amides is 1. The van der Waals surface area contributed by atoms with Crippen molar-refractivity contribution < 1.29 is 28.9 Å². The standard InChI is InChI=1S/C32H36N4O6/c1-35(28(37)21-36(16-18-40-2)17-19-41-3)25-13-11-24(12-14-25)33-30(22-8-6-5-7-9-22)29-26-15-10-23(32(39)42-4)20-27(26)34-31(29)38/h5-15,20,34,38H,16-19,21H2,1-4H3. The van der Waals surface area contributed by atoms with Crippen molar-refractivity contribution in [3.63, 3.8) is 0 Å². The molecule has 220 valence electrons. The van der Waals surface area contributed by atoms with Crippen LogP contribution in [-0.2, 0) is 19.0 Å². The number of aromatic nitrogens is 1. The topological polar surface area (TPSA) is 117 Å². The van der Waals surface area contributed by atoms with E-state index in [4.69, 9.17) is 19.2 Å². The van der Waals surface area contributed by atoms with Gasteiger partial charge in [-0.3, -0.25) is 9.69 Å². The summed E-state index contributed by atoms with van der Waals surface area (Å²) in [6.07, 6.45) is 0. The van der Waals surface area contributed by atoms with Gasteiger partial charge in [-0.15, -0.1) is 0 Å². The van der Waals surface area contributed by atoms with Gasteiger partial charge in [0.1, 0.15) is 0 Å². The number of carbonyl (C=O) groups is 2. The average Bonchev–Trinajstić information content (AvgIpc) is 3.35. The fraction of sp³-hybridized carbons (Fsp3) is 0.281. The predicted molar refractivity (Wildman–Crippen MR) is 163 cm³/mol. The highest BCUT2D eigenvalue weighted by Crippen LogP contribution is 2.32. The first-order chi connectivity index (χ1) is 20.4. The third-order valence-corrected chi connectivity index (χ3v) is 6.92. The predicted octanol–water partition coefficient (Wildman–Crippen LogP) is 4.39. The summed E-state index contributed by atoms with van der Waals surface area (Å²) in [5, 5.41) is 11.7. The maximum Gasteiger partial charge on any atom is 0.337 e. The summed E-state index contributed by atoms with van der Waals surface area (Å²) in [5.41, 5.74) is 4.17. The minimum absolute atomic E-state index is 0.0570. The number of esters is 1. The molecule has 0 bridgehead atoms. The third-order valence-electron chi connectivity index (χ3n) is 6.92. The number of carbonyl (C=O) groups excluding carboxylic acids is 2. The largest absolute Gasteiger partial charge is 0.494 e. The Labute approximate surface area is 245 Å². The summed E-state index contributed by atoms with van der Waals surface area (Å²) in [7, 11) is 6.34. The zero-order valence-electron chi connectivity index (χ0n) is 24.3. The second-order valence-corrected chi connectivity index (χ2v) is 9.66. The van der Waals surface area contributed by atoms with Crippen molar-refractivity contribution in [3.8, 4) is 5.88 Å². The number of nitrogens with zero attached hydrogens (tertiary/aromatic N) is 3. The molecule has 0 spiro atoms. The third kappa shape index (κ3) is 7.22. The van der Waals surface area contributed by atoms with Crippen molar-refractivity contribution >= 4 is 39.9 Å². The molecule has 0 saturated carbocycles. The molecule has 0 aliphatic rings. The van der Waals surface area contributed by atoms with Gasteiger partial charge in [-0.25, -0.2) is 9.79 Å². The van der Waals surface area contributed by atoms with E-state index in [9.17, 15) is 14.7 Å². The Bertz CT molecular complexity index is 1520. The highest BCUT2D eigenvalue weighted by atomic mass is 16.5. The smallest absolute Gasteiger partial charge is 0.337 e. The van der Waals surface area contributed by atoms with Crippen molar-refractivity contribution in [2.75, 3.05) is 66.1 Å². The van der Waals surface area contributed by atoms with Crippen LogP contribution in [0.25, 0.3) is 10.9 Å². The normalized spacial score (nSPS) is 11.7. The van der Waals surface area contributed by atoms with Crippen LogP contribution in [-0.4, -0.2) is 93.8 Å². The van der Waals surface area contributed by atoms with Crippen LogP contribution in [0, 0.1) is 0 Å². The summed E-state index contributed by atoms with van der Waals surface area (Å²) < 4.78 is 15.2. The number of aromatic hydroxyl groups is 1. The number of anilines is 1. The molecule has 4 aromatic rings. The number of aliphatic imine (C=N–C) groups is 1. The second-order valence-electron chi connectivity index (χ2n) is 9.66. The number of ether oxygens (including phenoxy) is 3. The first-order valence-electron chi connectivity index (χ1n) is 13.5. The van der Waals surface area contributed by atoms with Crippen LogP contribution in [0.1, 0.15) is 21.5 Å². The van der Waals surface area contributed by atoms with Gasteiger partial charge < -0.3 is 29.2 Å². The molecule has 0 saturated heterocycles.